The Bertz CT molecular complexity index is 1260. The maximum atomic E-state index is 12.3. The van der Waals surface area contributed by atoms with Gasteiger partial charge in [-0.1, -0.05) is 23.7 Å². The molecule has 188 valence electrons. The SMILES string of the molecule is COc1ccc(NC(=O)C(=O)N/N=C(\C)c2ccc(OCc3ccc(Cl)cc3)c(OC)c2)c(OC)c1. The first-order valence-electron chi connectivity index (χ1n) is 10.8. The van der Waals surface area contributed by atoms with Gasteiger partial charge in [0.1, 0.15) is 18.1 Å². The first-order valence-corrected chi connectivity index (χ1v) is 11.2. The van der Waals surface area contributed by atoms with E-state index in [9.17, 15) is 9.59 Å². The van der Waals surface area contributed by atoms with E-state index >= 15 is 0 Å². The molecule has 0 saturated heterocycles. The fourth-order valence-corrected chi connectivity index (χ4v) is 3.21. The van der Waals surface area contributed by atoms with Gasteiger partial charge in [-0.2, -0.15) is 5.10 Å². The summed E-state index contributed by atoms with van der Waals surface area (Å²) < 4.78 is 21.6. The zero-order valence-electron chi connectivity index (χ0n) is 20.3. The molecule has 0 aliphatic carbocycles. The topological polar surface area (TPSA) is 107 Å². The maximum Gasteiger partial charge on any atom is 0.329 e. The van der Waals surface area contributed by atoms with E-state index < -0.39 is 11.8 Å². The molecule has 0 aromatic heterocycles. The van der Waals surface area contributed by atoms with Gasteiger partial charge < -0.3 is 24.3 Å². The summed E-state index contributed by atoms with van der Waals surface area (Å²) in [4.78, 5) is 24.6. The third kappa shape index (κ3) is 6.89. The number of ether oxygens (including phenoxy) is 4. The molecule has 10 heteroatoms. The lowest BCUT2D eigenvalue weighted by atomic mass is 10.1. The number of benzene rings is 3. The van der Waals surface area contributed by atoms with Crippen LogP contribution in [0.3, 0.4) is 0 Å². The summed E-state index contributed by atoms with van der Waals surface area (Å²) in [5, 5.41) is 7.17. The van der Waals surface area contributed by atoms with Crippen LogP contribution in [0.5, 0.6) is 23.0 Å². The third-order valence-corrected chi connectivity index (χ3v) is 5.33. The number of nitrogens with one attached hydrogen (secondary N) is 2. The highest BCUT2D eigenvalue weighted by molar-refractivity contribution is 6.39. The van der Waals surface area contributed by atoms with Gasteiger partial charge in [0, 0.05) is 16.7 Å². The van der Waals surface area contributed by atoms with Gasteiger partial charge in [0.15, 0.2) is 11.5 Å². The summed E-state index contributed by atoms with van der Waals surface area (Å²) in [5.74, 6) is 0.0835. The molecule has 0 spiro atoms. The van der Waals surface area contributed by atoms with Crippen LogP contribution in [0.1, 0.15) is 18.1 Å². The minimum Gasteiger partial charge on any atom is -0.497 e. The number of carbonyl (C=O) groups excluding carboxylic acids is 2. The van der Waals surface area contributed by atoms with Crippen molar-refractivity contribution in [2.24, 2.45) is 5.10 Å². The molecular formula is C26H26ClN3O6. The van der Waals surface area contributed by atoms with Crippen molar-refractivity contribution in [3.05, 3.63) is 76.8 Å². The van der Waals surface area contributed by atoms with Crippen LogP contribution in [0.25, 0.3) is 0 Å². The van der Waals surface area contributed by atoms with Crippen molar-refractivity contribution in [1.29, 1.82) is 0 Å². The van der Waals surface area contributed by atoms with Crippen LogP contribution in [0.2, 0.25) is 5.02 Å². The molecule has 0 heterocycles. The van der Waals surface area contributed by atoms with Crippen molar-refractivity contribution >= 4 is 34.8 Å². The van der Waals surface area contributed by atoms with E-state index in [1.54, 1.807) is 55.5 Å². The first-order chi connectivity index (χ1) is 17.3. The monoisotopic (exact) mass is 511 g/mol. The number of nitrogens with zero attached hydrogens (tertiary/aromatic N) is 1. The number of carbonyl (C=O) groups is 2. The van der Waals surface area contributed by atoms with Gasteiger partial charge in [-0.15, -0.1) is 0 Å². The Labute approximate surface area is 214 Å². The van der Waals surface area contributed by atoms with Crippen LogP contribution < -0.4 is 29.7 Å². The zero-order chi connectivity index (χ0) is 26.1. The van der Waals surface area contributed by atoms with Gasteiger partial charge in [-0.25, -0.2) is 5.43 Å². The van der Waals surface area contributed by atoms with E-state index in [2.05, 4.69) is 15.8 Å². The molecule has 0 radical (unpaired) electrons. The van der Waals surface area contributed by atoms with Crippen LogP contribution in [0.15, 0.2) is 65.8 Å². The predicted octanol–water partition coefficient (Wildman–Crippen LogP) is 4.42. The Morgan fingerprint density at radius 1 is 0.833 bits per heavy atom. The standard InChI is InChI=1S/C26H26ClN3O6/c1-16(29-30-26(32)25(31)28-21-11-10-20(33-2)14-23(21)34-3)18-7-12-22(24(13-18)35-4)36-15-17-5-8-19(27)9-6-17/h5-14H,15H2,1-4H3,(H,28,31)(H,30,32)/b29-16+. The smallest absolute Gasteiger partial charge is 0.329 e. The fraction of sp³-hybridized carbons (Fsp3) is 0.192. The first kappa shape index (κ1) is 26.4. The molecule has 2 amide bonds. The van der Waals surface area contributed by atoms with Gasteiger partial charge >= 0.3 is 11.8 Å². The predicted molar refractivity (Wildman–Crippen MR) is 137 cm³/mol. The Balaban J connectivity index is 1.63. The molecule has 0 unspecified atom stereocenters. The molecule has 3 aromatic carbocycles. The lowest BCUT2D eigenvalue weighted by Crippen LogP contribution is -2.33. The number of hydrogen-bond acceptors (Lipinski definition) is 7. The molecule has 0 saturated carbocycles. The quantitative estimate of drug-likeness (QED) is 0.250. The second-order valence-corrected chi connectivity index (χ2v) is 7.88. The fourth-order valence-electron chi connectivity index (χ4n) is 3.08. The highest BCUT2D eigenvalue weighted by Gasteiger charge is 2.16. The Morgan fingerprint density at radius 2 is 1.56 bits per heavy atom. The van der Waals surface area contributed by atoms with Crippen molar-refractivity contribution in [3.63, 3.8) is 0 Å². The number of amides is 2. The van der Waals surface area contributed by atoms with Gasteiger partial charge in [0.25, 0.3) is 0 Å². The van der Waals surface area contributed by atoms with Crippen LogP contribution in [0.4, 0.5) is 5.69 Å². The number of anilines is 1. The van der Waals surface area contributed by atoms with E-state index in [-0.39, 0.29) is 0 Å². The van der Waals surface area contributed by atoms with Crippen LogP contribution in [-0.2, 0) is 16.2 Å². The van der Waals surface area contributed by atoms with E-state index in [0.29, 0.717) is 51.6 Å². The van der Waals surface area contributed by atoms with Gasteiger partial charge in [0.05, 0.1) is 32.7 Å². The van der Waals surface area contributed by atoms with Crippen LogP contribution in [-0.4, -0.2) is 38.9 Å². The Morgan fingerprint density at radius 3 is 2.22 bits per heavy atom. The molecule has 0 fully saturated rings. The summed E-state index contributed by atoms with van der Waals surface area (Å²) >= 11 is 5.92. The summed E-state index contributed by atoms with van der Waals surface area (Å²) in [7, 11) is 4.49. The average Bonchev–Trinajstić information content (AvgIpc) is 2.91. The van der Waals surface area contributed by atoms with Gasteiger partial charge in [-0.3, -0.25) is 9.59 Å². The van der Waals surface area contributed by atoms with E-state index in [1.165, 1.54) is 21.3 Å². The molecule has 2 N–H and O–H groups in total. The third-order valence-electron chi connectivity index (χ3n) is 5.08. The lowest BCUT2D eigenvalue weighted by Gasteiger charge is -2.13. The second kappa shape index (κ2) is 12.5. The van der Waals surface area contributed by atoms with E-state index in [4.69, 9.17) is 30.5 Å². The minimum absolute atomic E-state index is 0.318. The average molecular weight is 512 g/mol. The summed E-state index contributed by atoms with van der Waals surface area (Å²) in [6.45, 7) is 2.03. The second-order valence-electron chi connectivity index (χ2n) is 7.44. The van der Waals surface area contributed by atoms with E-state index in [1.807, 2.05) is 12.1 Å². The highest BCUT2D eigenvalue weighted by atomic mass is 35.5. The number of hydrogen-bond donors (Lipinski definition) is 2. The molecule has 0 aliphatic heterocycles. The van der Waals surface area contributed by atoms with Crippen molar-refractivity contribution in [3.8, 4) is 23.0 Å². The molecule has 3 aromatic rings. The highest BCUT2D eigenvalue weighted by Crippen LogP contribution is 2.30. The molecule has 0 atom stereocenters. The Kier molecular flexibility index (Phi) is 9.13. The van der Waals surface area contributed by atoms with Gasteiger partial charge in [-0.05, 0) is 55.0 Å². The zero-order valence-corrected chi connectivity index (χ0v) is 21.0. The molecule has 0 bridgehead atoms. The molecule has 9 nitrogen and oxygen atoms in total. The molecule has 3 rings (SSSR count). The largest absolute Gasteiger partial charge is 0.497 e. The number of halogens is 1. The summed E-state index contributed by atoms with van der Waals surface area (Å²) in [6.07, 6.45) is 0. The minimum atomic E-state index is -0.942. The normalized spacial score (nSPS) is 10.9. The Hall–Kier alpha value is -4.24. The van der Waals surface area contributed by atoms with Gasteiger partial charge in [0.2, 0.25) is 0 Å². The molecule has 36 heavy (non-hydrogen) atoms. The number of methoxy groups -OCH3 is 3. The number of rotatable bonds is 9. The maximum absolute atomic E-state index is 12.3. The molecule has 0 aliphatic rings. The van der Waals surface area contributed by atoms with Crippen LogP contribution in [0, 0.1) is 0 Å². The molecular weight excluding hydrogens is 486 g/mol. The summed E-state index contributed by atoms with van der Waals surface area (Å²) in [5.41, 5.74) is 4.65. The van der Waals surface area contributed by atoms with Crippen LogP contribution >= 0.6 is 11.6 Å². The lowest BCUT2D eigenvalue weighted by molar-refractivity contribution is -0.136. The summed E-state index contributed by atoms with van der Waals surface area (Å²) in [6, 6.07) is 17.4. The van der Waals surface area contributed by atoms with Crippen molar-refractivity contribution in [2.45, 2.75) is 13.5 Å². The van der Waals surface area contributed by atoms with Crippen molar-refractivity contribution in [1.82, 2.24) is 5.43 Å². The van der Waals surface area contributed by atoms with Crippen molar-refractivity contribution < 1.29 is 28.5 Å². The van der Waals surface area contributed by atoms with Crippen molar-refractivity contribution in [2.75, 3.05) is 26.6 Å². The van der Waals surface area contributed by atoms with E-state index in [0.717, 1.165) is 5.56 Å². The number of hydrazone groups is 1.